The lowest BCUT2D eigenvalue weighted by atomic mass is 10.1. The summed E-state index contributed by atoms with van der Waals surface area (Å²) in [4.78, 5) is 6.75. The van der Waals surface area contributed by atoms with Gasteiger partial charge in [-0.25, -0.2) is 4.98 Å². The Morgan fingerprint density at radius 1 is 1.57 bits per heavy atom. The van der Waals surface area contributed by atoms with Crippen LogP contribution in [0.5, 0.6) is 0 Å². The number of rotatable bonds is 2. The summed E-state index contributed by atoms with van der Waals surface area (Å²) >= 11 is 5.14. The lowest BCUT2D eigenvalue weighted by Gasteiger charge is -2.29. The fourth-order valence-electron chi connectivity index (χ4n) is 1.66. The van der Waals surface area contributed by atoms with Gasteiger partial charge in [-0.2, -0.15) is 0 Å². The molecule has 1 saturated heterocycles. The van der Waals surface area contributed by atoms with Crippen molar-refractivity contribution < 1.29 is 0 Å². The van der Waals surface area contributed by atoms with E-state index < -0.39 is 0 Å². The first-order chi connectivity index (χ1) is 6.74. The van der Waals surface area contributed by atoms with Gasteiger partial charge < -0.3 is 5.73 Å². The van der Waals surface area contributed by atoms with Gasteiger partial charge in [0.25, 0.3) is 0 Å². The van der Waals surface area contributed by atoms with Crippen LogP contribution in [0.15, 0.2) is 9.98 Å². The molecule has 1 aliphatic heterocycles. The van der Waals surface area contributed by atoms with E-state index in [4.69, 9.17) is 5.73 Å². The van der Waals surface area contributed by atoms with Crippen LogP contribution >= 0.6 is 27.3 Å². The molecule has 2 heterocycles. The number of nitrogens with two attached hydrogens (primary N) is 1. The second-order valence-electron chi connectivity index (χ2n) is 3.67. The molecule has 2 N–H and O–H groups in total. The van der Waals surface area contributed by atoms with Crippen LogP contribution in [-0.4, -0.2) is 29.0 Å². The van der Waals surface area contributed by atoms with Gasteiger partial charge in [-0.15, -0.1) is 11.3 Å². The molecular weight excluding hydrogens is 262 g/mol. The van der Waals surface area contributed by atoms with E-state index in [1.807, 2.05) is 6.20 Å². The van der Waals surface area contributed by atoms with Gasteiger partial charge in [0, 0.05) is 19.1 Å². The first-order valence-corrected chi connectivity index (χ1v) is 6.43. The highest BCUT2D eigenvalue weighted by molar-refractivity contribution is 9.11. The third kappa shape index (κ3) is 2.76. The molecule has 78 valence electrons. The molecular formula is C9H14BrN3S. The Morgan fingerprint density at radius 3 is 2.86 bits per heavy atom. The van der Waals surface area contributed by atoms with Crippen LogP contribution in [0.3, 0.4) is 0 Å². The number of nitrogens with zero attached hydrogens (tertiary/aromatic N) is 2. The number of likely N-dealkylation sites (tertiary alicyclic amines) is 1. The molecule has 0 atom stereocenters. The number of halogens is 1. The topological polar surface area (TPSA) is 42.1 Å². The number of aromatic nitrogens is 1. The predicted molar refractivity (Wildman–Crippen MR) is 62.3 cm³/mol. The molecule has 3 nitrogen and oxygen atoms in total. The molecule has 0 bridgehead atoms. The van der Waals surface area contributed by atoms with Gasteiger partial charge in [0.05, 0.1) is 16.5 Å². The minimum absolute atomic E-state index is 0.411. The van der Waals surface area contributed by atoms with Gasteiger partial charge in [0.1, 0.15) is 5.01 Å². The zero-order chi connectivity index (χ0) is 9.97. The summed E-state index contributed by atoms with van der Waals surface area (Å²) in [6, 6.07) is 0.411. The standard InChI is InChI=1S/C9H14BrN3S/c10-8-5-12-9(14-8)6-13-3-1-7(11)2-4-13/h5,7H,1-4,6,11H2. The summed E-state index contributed by atoms with van der Waals surface area (Å²) < 4.78 is 1.11. The van der Waals surface area contributed by atoms with Gasteiger partial charge in [-0.1, -0.05) is 0 Å². The molecule has 1 aromatic heterocycles. The van der Waals surface area contributed by atoms with Gasteiger partial charge in [-0.05, 0) is 28.8 Å². The lowest BCUT2D eigenvalue weighted by molar-refractivity contribution is 0.205. The van der Waals surface area contributed by atoms with Gasteiger partial charge in [0.15, 0.2) is 0 Å². The maximum atomic E-state index is 5.85. The molecule has 5 heteroatoms. The minimum Gasteiger partial charge on any atom is -0.328 e. The Bertz CT molecular complexity index is 294. The van der Waals surface area contributed by atoms with E-state index in [0.29, 0.717) is 6.04 Å². The van der Waals surface area contributed by atoms with Crippen LogP contribution in [0.1, 0.15) is 17.8 Å². The van der Waals surface area contributed by atoms with E-state index in [0.717, 1.165) is 36.3 Å². The van der Waals surface area contributed by atoms with Crippen LogP contribution in [0.4, 0.5) is 0 Å². The van der Waals surface area contributed by atoms with Gasteiger partial charge in [0.2, 0.25) is 0 Å². The molecule has 0 saturated carbocycles. The highest BCUT2D eigenvalue weighted by Gasteiger charge is 2.16. The number of hydrogen-bond acceptors (Lipinski definition) is 4. The van der Waals surface area contributed by atoms with E-state index in [9.17, 15) is 0 Å². The van der Waals surface area contributed by atoms with Crippen molar-refractivity contribution in [1.82, 2.24) is 9.88 Å². The fraction of sp³-hybridized carbons (Fsp3) is 0.667. The molecule has 0 aromatic carbocycles. The third-order valence-corrected chi connectivity index (χ3v) is 3.98. The fourth-order valence-corrected chi connectivity index (χ4v) is 3.01. The van der Waals surface area contributed by atoms with Crippen LogP contribution in [-0.2, 0) is 6.54 Å². The monoisotopic (exact) mass is 275 g/mol. The van der Waals surface area contributed by atoms with Crippen LogP contribution in [0.25, 0.3) is 0 Å². The van der Waals surface area contributed by atoms with E-state index in [2.05, 4.69) is 25.8 Å². The molecule has 1 aliphatic rings. The minimum atomic E-state index is 0.411. The van der Waals surface area contributed by atoms with Crippen LogP contribution in [0, 0.1) is 0 Å². The van der Waals surface area contributed by atoms with E-state index in [1.54, 1.807) is 11.3 Å². The molecule has 1 fully saturated rings. The summed E-state index contributed by atoms with van der Waals surface area (Å²) in [5.41, 5.74) is 5.85. The summed E-state index contributed by atoms with van der Waals surface area (Å²) in [5, 5.41) is 1.19. The third-order valence-electron chi connectivity index (χ3n) is 2.52. The number of piperidine rings is 1. The second-order valence-corrected chi connectivity index (χ2v) is 6.17. The largest absolute Gasteiger partial charge is 0.328 e. The van der Waals surface area contributed by atoms with Gasteiger partial charge >= 0.3 is 0 Å². The molecule has 2 rings (SSSR count). The molecule has 1 aromatic rings. The Balaban J connectivity index is 1.86. The van der Waals surface area contributed by atoms with Crippen molar-refractivity contribution in [3.8, 4) is 0 Å². The summed E-state index contributed by atoms with van der Waals surface area (Å²) in [6.07, 6.45) is 4.11. The molecule has 0 radical (unpaired) electrons. The van der Waals surface area contributed by atoms with Crippen LogP contribution < -0.4 is 5.73 Å². The molecule has 0 amide bonds. The number of thiazole rings is 1. The molecule has 14 heavy (non-hydrogen) atoms. The Hall–Kier alpha value is 0.0300. The van der Waals surface area contributed by atoms with Crippen molar-refractivity contribution in [3.05, 3.63) is 15.0 Å². The van der Waals surface area contributed by atoms with E-state index in [1.165, 1.54) is 5.01 Å². The first kappa shape index (κ1) is 10.5. The second kappa shape index (κ2) is 4.70. The van der Waals surface area contributed by atoms with Crippen molar-refractivity contribution >= 4 is 27.3 Å². The maximum Gasteiger partial charge on any atom is 0.108 e. The average Bonchev–Trinajstić information content (AvgIpc) is 2.56. The molecule has 0 spiro atoms. The normalized spacial score (nSPS) is 20.1. The Kier molecular flexibility index (Phi) is 3.54. The summed E-state index contributed by atoms with van der Waals surface area (Å²) in [7, 11) is 0. The summed E-state index contributed by atoms with van der Waals surface area (Å²) in [5.74, 6) is 0. The number of hydrogen-bond donors (Lipinski definition) is 1. The first-order valence-electron chi connectivity index (χ1n) is 4.82. The quantitative estimate of drug-likeness (QED) is 0.896. The average molecular weight is 276 g/mol. The highest BCUT2D eigenvalue weighted by atomic mass is 79.9. The van der Waals surface area contributed by atoms with Crippen molar-refractivity contribution in [2.75, 3.05) is 13.1 Å². The molecule has 0 aliphatic carbocycles. The van der Waals surface area contributed by atoms with Crippen molar-refractivity contribution in [3.63, 3.8) is 0 Å². The smallest absolute Gasteiger partial charge is 0.108 e. The van der Waals surface area contributed by atoms with E-state index in [-0.39, 0.29) is 0 Å². The van der Waals surface area contributed by atoms with Crippen molar-refractivity contribution in [1.29, 1.82) is 0 Å². The lowest BCUT2D eigenvalue weighted by Crippen LogP contribution is -2.39. The van der Waals surface area contributed by atoms with Crippen LogP contribution in [0.2, 0.25) is 0 Å². The Morgan fingerprint density at radius 2 is 2.29 bits per heavy atom. The maximum absolute atomic E-state index is 5.85. The van der Waals surface area contributed by atoms with Crippen molar-refractivity contribution in [2.45, 2.75) is 25.4 Å². The zero-order valence-electron chi connectivity index (χ0n) is 7.95. The van der Waals surface area contributed by atoms with E-state index >= 15 is 0 Å². The highest BCUT2D eigenvalue weighted by Crippen LogP contribution is 2.21. The predicted octanol–water partition coefficient (Wildman–Crippen LogP) is 1.83. The zero-order valence-corrected chi connectivity index (χ0v) is 10.4. The molecule has 0 unspecified atom stereocenters. The SMILES string of the molecule is NC1CCN(Cc2ncc(Br)s2)CC1. The van der Waals surface area contributed by atoms with Gasteiger partial charge in [-0.3, -0.25) is 4.90 Å². The van der Waals surface area contributed by atoms with Crippen molar-refractivity contribution in [2.24, 2.45) is 5.73 Å². The Labute approximate surface area is 96.4 Å². The summed E-state index contributed by atoms with van der Waals surface area (Å²) in [6.45, 7) is 3.19.